The largest absolute Gasteiger partial charge is 0.392 e. The fraction of sp³-hybridized carbons (Fsp3) is 0.308. The summed E-state index contributed by atoms with van der Waals surface area (Å²) < 4.78 is 1.46. The highest BCUT2D eigenvalue weighted by molar-refractivity contribution is 5.39. The van der Waals surface area contributed by atoms with E-state index in [4.69, 9.17) is 5.84 Å². The van der Waals surface area contributed by atoms with Gasteiger partial charge in [0.2, 0.25) is 0 Å². The molecule has 0 saturated heterocycles. The summed E-state index contributed by atoms with van der Waals surface area (Å²) >= 11 is 0. The van der Waals surface area contributed by atoms with Crippen molar-refractivity contribution >= 4 is 0 Å². The topological polar surface area (TPSA) is 64.1 Å². The highest BCUT2D eigenvalue weighted by Crippen LogP contribution is 2.27. The SMILES string of the molecule is Cc1c(CO)cccc1C(C)c1cn(N)cn1. The Morgan fingerprint density at radius 3 is 2.82 bits per heavy atom. The lowest BCUT2D eigenvalue weighted by atomic mass is 9.91. The number of hydrogen-bond acceptors (Lipinski definition) is 3. The van der Waals surface area contributed by atoms with Crippen molar-refractivity contribution in [1.29, 1.82) is 0 Å². The van der Waals surface area contributed by atoms with Crippen LogP contribution in [-0.4, -0.2) is 14.8 Å². The maximum absolute atomic E-state index is 9.26. The van der Waals surface area contributed by atoms with E-state index in [0.717, 1.165) is 16.8 Å². The maximum atomic E-state index is 9.26. The highest BCUT2D eigenvalue weighted by atomic mass is 16.3. The van der Waals surface area contributed by atoms with E-state index in [2.05, 4.69) is 18.0 Å². The number of rotatable bonds is 3. The van der Waals surface area contributed by atoms with E-state index in [-0.39, 0.29) is 12.5 Å². The van der Waals surface area contributed by atoms with Crippen LogP contribution in [0.2, 0.25) is 0 Å². The Hall–Kier alpha value is -1.81. The predicted octanol–water partition coefficient (Wildman–Crippen LogP) is 1.55. The van der Waals surface area contributed by atoms with Gasteiger partial charge in [0, 0.05) is 12.1 Å². The number of aromatic nitrogens is 2. The molecule has 0 aliphatic carbocycles. The van der Waals surface area contributed by atoms with Crippen molar-refractivity contribution in [2.24, 2.45) is 0 Å². The molecule has 1 heterocycles. The van der Waals surface area contributed by atoms with E-state index >= 15 is 0 Å². The average molecular weight is 231 g/mol. The average Bonchev–Trinajstić information content (AvgIpc) is 2.75. The van der Waals surface area contributed by atoms with Crippen LogP contribution in [-0.2, 0) is 6.61 Å². The van der Waals surface area contributed by atoms with Gasteiger partial charge in [0.05, 0.1) is 12.3 Å². The second-order valence-electron chi connectivity index (χ2n) is 4.26. The van der Waals surface area contributed by atoms with Gasteiger partial charge in [0.15, 0.2) is 0 Å². The fourth-order valence-electron chi connectivity index (χ4n) is 2.08. The Labute approximate surface area is 101 Å². The van der Waals surface area contributed by atoms with Crippen LogP contribution in [0.5, 0.6) is 0 Å². The molecule has 2 aromatic rings. The van der Waals surface area contributed by atoms with Gasteiger partial charge in [-0.2, -0.15) is 0 Å². The van der Waals surface area contributed by atoms with Gasteiger partial charge in [-0.15, -0.1) is 0 Å². The second-order valence-corrected chi connectivity index (χ2v) is 4.26. The van der Waals surface area contributed by atoms with Gasteiger partial charge in [0.1, 0.15) is 6.33 Å². The molecule has 1 aromatic heterocycles. The highest BCUT2D eigenvalue weighted by Gasteiger charge is 2.14. The molecule has 0 aliphatic heterocycles. The van der Waals surface area contributed by atoms with E-state index in [0.29, 0.717) is 0 Å². The smallest absolute Gasteiger partial charge is 0.114 e. The summed E-state index contributed by atoms with van der Waals surface area (Å²) in [5, 5.41) is 9.26. The first-order valence-corrected chi connectivity index (χ1v) is 5.61. The Morgan fingerprint density at radius 1 is 1.47 bits per heavy atom. The molecule has 4 nitrogen and oxygen atoms in total. The molecule has 1 aromatic carbocycles. The van der Waals surface area contributed by atoms with Crippen LogP contribution in [0.1, 0.15) is 35.2 Å². The van der Waals surface area contributed by atoms with Gasteiger partial charge in [-0.05, 0) is 23.6 Å². The lowest BCUT2D eigenvalue weighted by Gasteiger charge is -2.14. The van der Waals surface area contributed by atoms with Crippen molar-refractivity contribution in [3.63, 3.8) is 0 Å². The Morgan fingerprint density at radius 2 is 2.24 bits per heavy atom. The van der Waals surface area contributed by atoms with Crippen LogP contribution in [0.15, 0.2) is 30.7 Å². The number of nitrogens with two attached hydrogens (primary N) is 1. The lowest BCUT2D eigenvalue weighted by Crippen LogP contribution is -2.05. The van der Waals surface area contributed by atoms with Crippen molar-refractivity contribution in [3.8, 4) is 0 Å². The Balaban J connectivity index is 2.40. The summed E-state index contributed by atoms with van der Waals surface area (Å²) in [6.07, 6.45) is 3.41. The van der Waals surface area contributed by atoms with Crippen LogP contribution in [0, 0.1) is 6.92 Å². The summed E-state index contributed by atoms with van der Waals surface area (Å²) in [7, 11) is 0. The lowest BCUT2D eigenvalue weighted by molar-refractivity contribution is 0.281. The standard InChI is InChI=1S/C13H17N3O/c1-9-11(7-17)4-3-5-12(9)10(2)13-6-16(14)8-15-13/h3-6,8,10,17H,7,14H2,1-2H3. The minimum Gasteiger partial charge on any atom is -0.392 e. The van der Waals surface area contributed by atoms with Crippen LogP contribution < -0.4 is 5.84 Å². The molecule has 0 bridgehead atoms. The van der Waals surface area contributed by atoms with E-state index < -0.39 is 0 Å². The number of nitrogen functional groups attached to an aromatic ring is 1. The predicted molar refractivity (Wildman–Crippen MR) is 67.0 cm³/mol. The van der Waals surface area contributed by atoms with Crippen molar-refractivity contribution < 1.29 is 5.11 Å². The zero-order valence-electron chi connectivity index (χ0n) is 10.1. The quantitative estimate of drug-likeness (QED) is 0.788. The van der Waals surface area contributed by atoms with Gasteiger partial charge >= 0.3 is 0 Å². The summed E-state index contributed by atoms with van der Waals surface area (Å²) in [5.41, 5.74) is 4.19. The van der Waals surface area contributed by atoms with Gasteiger partial charge in [-0.3, -0.25) is 4.68 Å². The molecule has 2 rings (SSSR count). The molecular formula is C13H17N3O. The number of imidazole rings is 1. The molecule has 0 radical (unpaired) electrons. The van der Waals surface area contributed by atoms with Crippen molar-refractivity contribution in [1.82, 2.24) is 9.66 Å². The third-order valence-corrected chi connectivity index (χ3v) is 3.19. The van der Waals surface area contributed by atoms with Crippen LogP contribution >= 0.6 is 0 Å². The van der Waals surface area contributed by atoms with Gasteiger partial charge in [-0.25, -0.2) is 4.98 Å². The van der Waals surface area contributed by atoms with Gasteiger partial charge < -0.3 is 10.9 Å². The molecule has 0 fully saturated rings. The summed E-state index contributed by atoms with van der Waals surface area (Å²) in [6.45, 7) is 4.18. The number of aliphatic hydroxyl groups is 1. The molecule has 4 heteroatoms. The van der Waals surface area contributed by atoms with Gasteiger partial charge in [-0.1, -0.05) is 25.1 Å². The maximum Gasteiger partial charge on any atom is 0.114 e. The molecule has 0 aliphatic rings. The Kier molecular flexibility index (Phi) is 3.15. The van der Waals surface area contributed by atoms with Crippen molar-refractivity contribution in [3.05, 3.63) is 53.1 Å². The first-order valence-electron chi connectivity index (χ1n) is 5.61. The van der Waals surface area contributed by atoms with E-state index in [1.807, 2.05) is 25.3 Å². The van der Waals surface area contributed by atoms with Gasteiger partial charge in [0.25, 0.3) is 0 Å². The molecule has 17 heavy (non-hydrogen) atoms. The second kappa shape index (κ2) is 4.59. The number of aliphatic hydroxyl groups excluding tert-OH is 1. The number of benzene rings is 1. The van der Waals surface area contributed by atoms with E-state index in [1.165, 1.54) is 10.2 Å². The molecular weight excluding hydrogens is 214 g/mol. The molecule has 1 atom stereocenters. The van der Waals surface area contributed by atoms with Crippen LogP contribution in [0.3, 0.4) is 0 Å². The summed E-state index contributed by atoms with van der Waals surface area (Å²) in [6, 6.07) is 5.96. The van der Waals surface area contributed by atoms with E-state index in [9.17, 15) is 5.11 Å². The number of hydrogen-bond donors (Lipinski definition) is 2. The molecule has 3 N–H and O–H groups in total. The van der Waals surface area contributed by atoms with Crippen LogP contribution in [0.4, 0.5) is 0 Å². The zero-order chi connectivity index (χ0) is 12.4. The number of nitrogens with zero attached hydrogens (tertiary/aromatic N) is 2. The third-order valence-electron chi connectivity index (χ3n) is 3.19. The van der Waals surface area contributed by atoms with Crippen molar-refractivity contribution in [2.75, 3.05) is 5.84 Å². The first kappa shape index (κ1) is 11.7. The molecule has 0 amide bonds. The molecule has 0 spiro atoms. The fourth-order valence-corrected chi connectivity index (χ4v) is 2.08. The van der Waals surface area contributed by atoms with Crippen molar-refractivity contribution in [2.45, 2.75) is 26.4 Å². The monoisotopic (exact) mass is 231 g/mol. The molecule has 1 unspecified atom stereocenters. The zero-order valence-corrected chi connectivity index (χ0v) is 10.1. The molecule has 0 saturated carbocycles. The Bertz CT molecular complexity index is 519. The third kappa shape index (κ3) is 2.17. The van der Waals surface area contributed by atoms with Crippen LogP contribution in [0.25, 0.3) is 0 Å². The first-order chi connectivity index (χ1) is 8.13. The molecule has 90 valence electrons. The minimum atomic E-state index is 0.0672. The minimum absolute atomic E-state index is 0.0672. The van der Waals surface area contributed by atoms with E-state index in [1.54, 1.807) is 6.33 Å². The normalized spacial score (nSPS) is 12.6. The summed E-state index contributed by atoms with van der Waals surface area (Å²) in [5.74, 6) is 5.78. The summed E-state index contributed by atoms with van der Waals surface area (Å²) in [4.78, 5) is 4.26.